The van der Waals surface area contributed by atoms with E-state index < -0.39 is 0 Å². The molecule has 0 aliphatic heterocycles. The Hall–Kier alpha value is -1.24. The number of benzene rings is 1. The maximum absolute atomic E-state index is 4.28. The highest BCUT2D eigenvalue weighted by Gasteiger charge is 2.33. The second-order valence-corrected chi connectivity index (χ2v) is 6.02. The Labute approximate surface area is 149 Å². The van der Waals surface area contributed by atoms with Crippen LogP contribution in [0.2, 0.25) is 0 Å². The normalized spacial score (nSPS) is 20.6. The quantitative estimate of drug-likeness (QED) is 0.411. The molecule has 0 amide bonds. The lowest BCUT2D eigenvalue weighted by atomic mass is 10.1. The lowest BCUT2D eigenvalue weighted by Gasteiger charge is -2.11. The average molecular weight is 412 g/mol. The zero-order valence-electron chi connectivity index (χ0n) is 13.4. The summed E-state index contributed by atoms with van der Waals surface area (Å²) in [6.45, 7) is 5.30. The van der Waals surface area contributed by atoms with E-state index in [1.807, 2.05) is 7.05 Å². The van der Waals surface area contributed by atoms with Crippen LogP contribution in [0.1, 0.15) is 24.5 Å². The molecular formula is C17H25IN4. The van der Waals surface area contributed by atoms with Crippen molar-refractivity contribution < 1.29 is 0 Å². The fourth-order valence-corrected chi connectivity index (χ4v) is 2.78. The highest BCUT2D eigenvalue weighted by atomic mass is 127. The summed E-state index contributed by atoms with van der Waals surface area (Å²) in [5.74, 6) is 1.69. The molecule has 1 aliphatic carbocycles. The SMILES string of the molecule is CN=C(NCCc1c[nH]c2c(C)cccc12)NC1CC1C.I. The van der Waals surface area contributed by atoms with Gasteiger partial charge in [0, 0.05) is 36.7 Å². The first-order valence-corrected chi connectivity index (χ1v) is 7.72. The van der Waals surface area contributed by atoms with Gasteiger partial charge in [-0.15, -0.1) is 24.0 Å². The van der Waals surface area contributed by atoms with Crippen LogP contribution in [-0.2, 0) is 6.42 Å². The Morgan fingerprint density at radius 2 is 2.18 bits per heavy atom. The molecule has 5 heteroatoms. The maximum atomic E-state index is 4.28. The second-order valence-electron chi connectivity index (χ2n) is 6.02. The summed E-state index contributed by atoms with van der Waals surface area (Å²) in [4.78, 5) is 7.67. The van der Waals surface area contributed by atoms with Gasteiger partial charge in [-0.2, -0.15) is 0 Å². The van der Waals surface area contributed by atoms with Crippen molar-refractivity contribution in [1.82, 2.24) is 15.6 Å². The molecule has 2 unspecified atom stereocenters. The Kier molecular flexibility index (Phi) is 5.72. The van der Waals surface area contributed by atoms with E-state index in [0.717, 1.165) is 24.8 Å². The van der Waals surface area contributed by atoms with E-state index in [4.69, 9.17) is 0 Å². The van der Waals surface area contributed by atoms with Gasteiger partial charge in [0.05, 0.1) is 0 Å². The van der Waals surface area contributed by atoms with Crippen LogP contribution in [0.3, 0.4) is 0 Å². The molecule has 1 saturated carbocycles. The van der Waals surface area contributed by atoms with Crippen LogP contribution in [0.4, 0.5) is 0 Å². The van der Waals surface area contributed by atoms with E-state index in [1.165, 1.54) is 28.5 Å². The van der Waals surface area contributed by atoms with Crippen LogP contribution >= 0.6 is 24.0 Å². The van der Waals surface area contributed by atoms with Gasteiger partial charge >= 0.3 is 0 Å². The van der Waals surface area contributed by atoms with Gasteiger partial charge in [0.25, 0.3) is 0 Å². The number of hydrogen-bond acceptors (Lipinski definition) is 1. The van der Waals surface area contributed by atoms with Crippen LogP contribution in [-0.4, -0.2) is 30.6 Å². The number of nitrogens with zero attached hydrogens (tertiary/aromatic N) is 1. The number of H-pyrrole nitrogens is 1. The van der Waals surface area contributed by atoms with Crippen LogP contribution in [0.25, 0.3) is 10.9 Å². The minimum atomic E-state index is 0. The molecule has 4 nitrogen and oxygen atoms in total. The van der Waals surface area contributed by atoms with Crippen LogP contribution in [0.15, 0.2) is 29.4 Å². The number of halogens is 1. The van der Waals surface area contributed by atoms with E-state index in [9.17, 15) is 0 Å². The molecule has 2 aromatic rings. The molecule has 1 fully saturated rings. The highest BCUT2D eigenvalue weighted by molar-refractivity contribution is 14.0. The summed E-state index contributed by atoms with van der Waals surface area (Å²) in [5.41, 5.74) is 3.91. The lowest BCUT2D eigenvalue weighted by Crippen LogP contribution is -2.39. The first kappa shape index (κ1) is 17.1. The number of rotatable bonds is 4. The molecule has 0 saturated heterocycles. The summed E-state index contributed by atoms with van der Waals surface area (Å²) in [6.07, 6.45) is 4.37. The summed E-state index contributed by atoms with van der Waals surface area (Å²) < 4.78 is 0. The fourth-order valence-electron chi connectivity index (χ4n) is 2.78. The zero-order chi connectivity index (χ0) is 14.8. The molecule has 1 heterocycles. The molecule has 120 valence electrons. The van der Waals surface area contributed by atoms with Gasteiger partial charge in [-0.1, -0.05) is 25.1 Å². The molecule has 1 aliphatic rings. The van der Waals surface area contributed by atoms with Gasteiger partial charge in [-0.3, -0.25) is 4.99 Å². The standard InChI is InChI=1S/C17H24N4.HI/c1-11-5-4-6-14-13(10-20-16(11)14)7-8-19-17(18-3)21-15-9-12(15)2;/h4-6,10,12,15,20H,7-9H2,1-3H3,(H2,18,19,21);1H. The Morgan fingerprint density at radius 1 is 1.41 bits per heavy atom. The Morgan fingerprint density at radius 3 is 2.86 bits per heavy atom. The largest absolute Gasteiger partial charge is 0.361 e. The van der Waals surface area contributed by atoms with Crippen molar-refractivity contribution >= 4 is 40.8 Å². The van der Waals surface area contributed by atoms with E-state index in [1.54, 1.807) is 0 Å². The van der Waals surface area contributed by atoms with Crippen LogP contribution < -0.4 is 10.6 Å². The first-order chi connectivity index (χ1) is 10.2. The van der Waals surface area contributed by atoms with Crippen molar-refractivity contribution in [3.63, 3.8) is 0 Å². The molecule has 1 aromatic carbocycles. The Balaban J connectivity index is 0.00000176. The molecule has 0 spiro atoms. The summed E-state index contributed by atoms with van der Waals surface area (Å²) >= 11 is 0. The number of aromatic nitrogens is 1. The number of aliphatic imine (C=N–C) groups is 1. The van der Waals surface area contributed by atoms with Crippen molar-refractivity contribution in [2.24, 2.45) is 10.9 Å². The summed E-state index contributed by atoms with van der Waals surface area (Å²) in [7, 11) is 1.83. The number of fused-ring (bicyclic) bond motifs is 1. The third-order valence-electron chi connectivity index (χ3n) is 4.35. The monoisotopic (exact) mass is 412 g/mol. The third kappa shape index (κ3) is 3.74. The van der Waals surface area contributed by atoms with Gasteiger partial charge in [-0.05, 0) is 36.8 Å². The van der Waals surface area contributed by atoms with Gasteiger partial charge in [0.1, 0.15) is 0 Å². The van der Waals surface area contributed by atoms with Gasteiger partial charge < -0.3 is 15.6 Å². The second kappa shape index (κ2) is 7.35. The fraction of sp³-hybridized carbons (Fsp3) is 0.471. The van der Waals surface area contributed by atoms with E-state index >= 15 is 0 Å². The van der Waals surface area contributed by atoms with Crippen molar-refractivity contribution in [2.75, 3.05) is 13.6 Å². The van der Waals surface area contributed by atoms with Gasteiger partial charge in [0.15, 0.2) is 5.96 Å². The van der Waals surface area contributed by atoms with Crippen LogP contribution in [0, 0.1) is 12.8 Å². The molecule has 22 heavy (non-hydrogen) atoms. The van der Waals surface area contributed by atoms with Gasteiger partial charge in [-0.25, -0.2) is 0 Å². The number of para-hydroxylation sites is 1. The Bertz CT molecular complexity index is 662. The average Bonchev–Trinajstić information content (AvgIpc) is 3.00. The molecular weight excluding hydrogens is 387 g/mol. The van der Waals surface area contributed by atoms with Crippen LogP contribution in [0.5, 0.6) is 0 Å². The van der Waals surface area contributed by atoms with E-state index in [-0.39, 0.29) is 24.0 Å². The molecule has 3 rings (SSSR count). The number of nitrogens with one attached hydrogen (secondary N) is 3. The topological polar surface area (TPSA) is 52.2 Å². The third-order valence-corrected chi connectivity index (χ3v) is 4.35. The lowest BCUT2D eigenvalue weighted by molar-refractivity contribution is 0.759. The van der Waals surface area contributed by atoms with Crippen molar-refractivity contribution in [3.8, 4) is 0 Å². The van der Waals surface area contributed by atoms with Crippen molar-refractivity contribution in [2.45, 2.75) is 32.7 Å². The molecule has 0 bridgehead atoms. The molecule has 0 radical (unpaired) electrons. The number of hydrogen-bond donors (Lipinski definition) is 3. The number of aryl methyl sites for hydroxylation is 1. The number of guanidine groups is 1. The molecule has 3 N–H and O–H groups in total. The summed E-state index contributed by atoms with van der Waals surface area (Å²) in [6, 6.07) is 7.06. The predicted octanol–water partition coefficient (Wildman–Crippen LogP) is 3.21. The molecule has 2 atom stereocenters. The van der Waals surface area contributed by atoms with Gasteiger partial charge in [0.2, 0.25) is 0 Å². The van der Waals surface area contributed by atoms with E-state index in [2.05, 4.69) is 58.9 Å². The minimum absolute atomic E-state index is 0. The molecule has 1 aromatic heterocycles. The smallest absolute Gasteiger partial charge is 0.191 e. The zero-order valence-corrected chi connectivity index (χ0v) is 15.8. The number of aromatic amines is 1. The summed E-state index contributed by atoms with van der Waals surface area (Å²) in [5, 5.41) is 8.18. The predicted molar refractivity (Wildman–Crippen MR) is 104 cm³/mol. The highest BCUT2D eigenvalue weighted by Crippen LogP contribution is 2.28. The van der Waals surface area contributed by atoms with Crippen molar-refractivity contribution in [3.05, 3.63) is 35.5 Å². The van der Waals surface area contributed by atoms with E-state index in [0.29, 0.717) is 6.04 Å². The maximum Gasteiger partial charge on any atom is 0.191 e. The first-order valence-electron chi connectivity index (χ1n) is 7.72. The minimum Gasteiger partial charge on any atom is -0.361 e. The van der Waals surface area contributed by atoms with Crippen molar-refractivity contribution in [1.29, 1.82) is 0 Å².